The van der Waals surface area contributed by atoms with Crippen LogP contribution in [0.4, 0.5) is 0 Å². The Kier molecular flexibility index (Phi) is 4.74. The average molecular weight is 298 g/mol. The molecule has 0 amide bonds. The number of hydrogen-bond acceptors (Lipinski definition) is 5. The van der Waals surface area contributed by atoms with E-state index in [0.717, 1.165) is 0 Å². The highest BCUT2D eigenvalue weighted by Crippen LogP contribution is 2.16. The van der Waals surface area contributed by atoms with E-state index in [4.69, 9.17) is 0 Å². The first-order chi connectivity index (χ1) is 9.54. The van der Waals surface area contributed by atoms with Crippen LogP contribution in [-0.4, -0.2) is 63.4 Å². The lowest BCUT2D eigenvalue weighted by Gasteiger charge is -2.33. The summed E-state index contributed by atoms with van der Waals surface area (Å²) >= 11 is 0. The smallest absolute Gasteiger partial charge is 0.319 e. The van der Waals surface area contributed by atoms with Crippen LogP contribution in [0, 0.1) is 0 Å². The minimum absolute atomic E-state index is 0.204. The molecule has 1 aliphatic heterocycles. The molecule has 1 aromatic carbocycles. The van der Waals surface area contributed by atoms with Crippen LogP contribution < -0.4 is 0 Å². The molecule has 1 heterocycles. The van der Waals surface area contributed by atoms with Crippen LogP contribution in [0.25, 0.3) is 0 Å². The number of hydrogen-bond donors (Lipinski definition) is 0. The van der Waals surface area contributed by atoms with E-state index in [1.54, 1.807) is 30.3 Å². The van der Waals surface area contributed by atoms with Gasteiger partial charge >= 0.3 is 5.97 Å². The molecular weight excluding hydrogens is 280 g/mol. The summed E-state index contributed by atoms with van der Waals surface area (Å²) in [4.78, 5) is 13.4. The van der Waals surface area contributed by atoms with Gasteiger partial charge in [0.15, 0.2) is 0 Å². The van der Waals surface area contributed by atoms with Crippen molar-refractivity contribution < 1.29 is 17.9 Å². The lowest BCUT2D eigenvalue weighted by molar-refractivity contribution is -0.142. The predicted octanol–water partition coefficient (Wildman–Crippen LogP) is 0.166. The summed E-state index contributed by atoms with van der Waals surface area (Å²) in [5, 5.41) is 0. The molecule has 0 spiro atoms. The van der Waals surface area contributed by atoms with Gasteiger partial charge in [-0.05, 0) is 12.1 Å². The number of carbonyl (C=O) groups is 1. The van der Waals surface area contributed by atoms with Crippen LogP contribution >= 0.6 is 0 Å². The van der Waals surface area contributed by atoms with E-state index in [9.17, 15) is 13.2 Å². The first-order valence-corrected chi connectivity index (χ1v) is 7.82. The summed E-state index contributed by atoms with van der Waals surface area (Å²) in [5.74, 6) is -0.302. The first kappa shape index (κ1) is 15.0. The quantitative estimate of drug-likeness (QED) is 0.741. The Hall–Kier alpha value is -1.44. The third kappa shape index (κ3) is 3.36. The van der Waals surface area contributed by atoms with Crippen LogP contribution in [0.15, 0.2) is 35.2 Å². The Morgan fingerprint density at radius 1 is 1.15 bits per heavy atom. The molecule has 0 radical (unpaired) electrons. The van der Waals surface area contributed by atoms with Crippen molar-refractivity contribution in [3.8, 4) is 0 Å². The maximum absolute atomic E-state index is 12.4. The summed E-state index contributed by atoms with van der Waals surface area (Å²) in [6.45, 7) is 2.03. The maximum Gasteiger partial charge on any atom is 0.319 e. The Balaban J connectivity index is 1.99. The van der Waals surface area contributed by atoms with E-state index in [2.05, 4.69) is 4.74 Å². The molecule has 1 aromatic rings. The van der Waals surface area contributed by atoms with Gasteiger partial charge in [0, 0.05) is 26.2 Å². The molecule has 0 saturated carbocycles. The highest BCUT2D eigenvalue weighted by atomic mass is 32.2. The van der Waals surface area contributed by atoms with Crippen molar-refractivity contribution in [1.82, 2.24) is 9.21 Å². The molecule has 0 aromatic heterocycles. The molecule has 0 unspecified atom stereocenters. The highest BCUT2D eigenvalue weighted by molar-refractivity contribution is 7.89. The van der Waals surface area contributed by atoms with Gasteiger partial charge in [0.25, 0.3) is 0 Å². The van der Waals surface area contributed by atoms with Crippen molar-refractivity contribution >= 4 is 16.0 Å². The van der Waals surface area contributed by atoms with E-state index in [0.29, 0.717) is 31.1 Å². The Morgan fingerprint density at radius 3 is 2.30 bits per heavy atom. The van der Waals surface area contributed by atoms with E-state index < -0.39 is 10.0 Å². The molecule has 110 valence electrons. The number of sulfonamides is 1. The van der Waals surface area contributed by atoms with E-state index in [-0.39, 0.29) is 12.5 Å². The predicted molar refractivity (Wildman–Crippen MR) is 73.7 cm³/mol. The van der Waals surface area contributed by atoms with Gasteiger partial charge in [0.1, 0.15) is 0 Å². The summed E-state index contributed by atoms with van der Waals surface area (Å²) in [6, 6.07) is 8.39. The Labute approximate surface area is 119 Å². The minimum Gasteiger partial charge on any atom is -0.468 e. The number of rotatable bonds is 4. The average Bonchev–Trinajstić information content (AvgIpc) is 2.48. The number of esters is 1. The van der Waals surface area contributed by atoms with E-state index >= 15 is 0 Å². The molecule has 1 saturated heterocycles. The van der Waals surface area contributed by atoms with E-state index in [1.807, 2.05) is 4.90 Å². The van der Waals surface area contributed by atoms with Crippen LogP contribution in [-0.2, 0) is 19.6 Å². The van der Waals surface area contributed by atoms with Crippen LogP contribution in [0.1, 0.15) is 0 Å². The molecule has 7 heteroatoms. The third-order valence-corrected chi connectivity index (χ3v) is 5.21. The van der Waals surface area contributed by atoms with Gasteiger partial charge in [0.05, 0.1) is 18.6 Å². The van der Waals surface area contributed by atoms with E-state index in [1.165, 1.54) is 11.4 Å². The second kappa shape index (κ2) is 6.34. The summed E-state index contributed by atoms with van der Waals surface area (Å²) in [6.07, 6.45) is 0. The normalized spacial score (nSPS) is 17.9. The van der Waals surface area contributed by atoms with Gasteiger partial charge in [-0.1, -0.05) is 18.2 Å². The second-order valence-electron chi connectivity index (χ2n) is 4.57. The minimum atomic E-state index is -3.43. The molecule has 0 aliphatic carbocycles. The van der Waals surface area contributed by atoms with Crippen molar-refractivity contribution in [3.63, 3.8) is 0 Å². The topological polar surface area (TPSA) is 66.9 Å². The monoisotopic (exact) mass is 298 g/mol. The SMILES string of the molecule is COC(=O)CN1CCN(S(=O)(=O)c2ccccc2)CC1. The Morgan fingerprint density at radius 2 is 1.75 bits per heavy atom. The summed E-state index contributed by atoms with van der Waals surface area (Å²) in [7, 11) is -2.08. The number of piperazine rings is 1. The van der Waals surface area contributed by atoms with Gasteiger partial charge in [-0.25, -0.2) is 8.42 Å². The lowest BCUT2D eigenvalue weighted by Crippen LogP contribution is -2.49. The number of ether oxygens (including phenoxy) is 1. The number of carbonyl (C=O) groups excluding carboxylic acids is 1. The molecule has 6 nitrogen and oxygen atoms in total. The number of nitrogens with zero attached hydrogens (tertiary/aromatic N) is 2. The zero-order valence-corrected chi connectivity index (χ0v) is 12.2. The molecule has 20 heavy (non-hydrogen) atoms. The first-order valence-electron chi connectivity index (χ1n) is 6.38. The van der Waals surface area contributed by atoms with Crippen molar-refractivity contribution in [3.05, 3.63) is 30.3 Å². The van der Waals surface area contributed by atoms with Gasteiger partial charge < -0.3 is 4.74 Å². The molecule has 1 aliphatic rings. The van der Waals surface area contributed by atoms with Crippen molar-refractivity contribution in [1.29, 1.82) is 0 Å². The van der Waals surface area contributed by atoms with Crippen molar-refractivity contribution in [2.45, 2.75) is 4.90 Å². The third-order valence-electron chi connectivity index (χ3n) is 3.29. The molecule has 0 bridgehead atoms. The summed E-state index contributed by atoms with van der Waals surface area (Å²) < 4.78 is 30.8. The summed E-state index contributed by atoms with van der Waals surface area (Å²) in [5.41, 5.74) is 0. The van der Waals surface area contributed by atoms with Crippen LogP contribution in [0.2, 0.25) is 0 Å². The molecule has 1 fully saturated rings. The molecule has 2 rings (SSSR count). The Bertz CT molecular complexity index is 551. The second-order valence-corrected chi connectivity index (χ2v) is 6.51. The molecular formula is C13H18N2O4S. The van der Waals surface area contributed by atoms with Gasteiger partial charge in [0.2, 0.25) is 10.0 Å². The fourth-order valence-corrected chi connectivity index (χ4v) is 3.56. The van der Waals surface area contributed by atoms with Crippen molar-refractivity contribution in [2.75, 3.05) is 39.8 Å². The standard InChI is InChI=1S/C13H18N2O4S/c1-19-13(16)11-14-7-9-15(10-8-14)20(17,18)12-5-3-2-4-6-12/h2-6H,7-11H2,1H3. The van der Waals surface area contributed by atoms with Crippen LogP contribution in [0.5, 0.6) is 0 Å². The van der Waals surface area contributed by atoms with Gasteiger partial charge in [-0.15, -0.1) is 0 Å². The zero-order valence-electron chi connectivity index (χ0n) is 11.4. The molecule has 0 N–H and O–H groups in total. The van der Waals surface area contributed by atoms with Gasteiger partial charge in [-0.3, -0.25) is 9.69 Å². The highest BCUT2D eigenvalue weighted by Gasteiger charge is 2.28. The maximum atomic E-state index is 12.4. The zero-order chi connectivity index (χ0) is 14.6. The number of benzene rings is 1. The number of methoxy groups -OCH3 is 1. The largest absolute Gasteiger partial charge is 0.468 e. The van der Waals surface area contributed by atoms with Crippen LogP contribution in [0.3, 0.4) is 0 Å². The van der Waals surface area contributed by atoms with Gasteiger partial charge in [-0.2, -0.15) is 4.31 Å². The molecule has 0 atom stereocenters. The lowest BCUT2D eigenvalue weighted by atomic mass is 10.3. The fourth-order valence-electron chi connectivity index (χ4n) is 2.12. The van der Waals surface area contributed by atoms with Crippen molar-refractivity contribution in [2.24, 2.45) is 0 Å². The fraction of sp³-hybridized carbons (Fsp3) is 0.462.